The third-order valence-electron chi connectivity index (χ3n) is 14.7. The summed E-state index contributed by atoms with van der Waals surface area (Å²) in [5.41, 5.74) is 0. The van der Waals surface area contributed by atoms with Crippen LogP contribution in [0, 0.1) is 0 Å². The molecule has 2 unspecified atom stereocenters. The molecule has 0 aromatic heterocycles. The van der Waals surface area contributed by atoms with Crippen molar-refractivity contribution in [1.29, 1.82) is 0 Å². The first-order valence-electron chi connectivity index (χ1n) is 33.2. The summed E-state index contributed by atoms with van der Waals surface area (Å²) in [4.78, 5) is 12.5. The molecule has 0 rings (SSSR count). The van der Waals surface area contributed by atoms with Crippen molar-refractivity contribution in [3.05, 3.63) is 122 Å². The lowest BCUT2D eigenvalue weighted by Gasteiger charge is -2.22. The molecule has 3 N–H and O–H groups in total. The Kier molecular flexibility index (Phi) is 64.3. The molecule has 2 atom stereocenters. The zero-order valence-electron chi connectivity index (χ0n) is 50.9. The highest BCUT2D eigenvalue weighted by molar-refractivity contribution is 5.76. The van der Waals surface area contributed by atoms with Crippen LogP contribution < -0.4 is 5.32 Å². The molecule has 1 amide bonds. The molecular formula is C73H127NO3. The largest absolute Gasteiger partial charge is 0.394 e. The highest BCUT2D eigenvalue weighted by Gasteiger charge is 2.20. The summed E-state index contributed by atoms with van der Waals surface area (Å²) >= 11 is 0. The number of nitrogens with one attached hydrogen (secondary N) is 1. The highest BCUT2D eigenvalue weighted by Crippen LogP contribution is 2.18. The van der Waals surface area contributed by atoms with E-state index < -0.39 is 12.1 Å². The van der Waals surface area contributed by atoms with E-state index in [0.717, 1.165) is 109 Å². The SMILES string of the molecule is CC/C=C\C/C=C\C/C=C\C/C=C\C/C=C\C/C=C\C/C=C\C/C=C\C/C=C\C/C=C\CCCCCCC(=O)NC(CO)C(O)CCCCCCCCCCCCCCCCCCCCCCCCCCCCCCCC. The van der Waals surface area contributed by atoms with Crippen molar-refractivity contribution < 1.29 is 15.0 Å². The van der Waals surface area contributed by atoms with E-state index in [1.54, 1.807) is 0 Å². The van der Waals surface area contributed by atoms with E-state index in [2.05, 4.69) is 141 Å². The Labute approximate surface area is 479 Å². The Morgan fingerprint density at radius 2 is 0.571 bits per heavy atom. The van der Waals surface area contributed by atoms with Crippen LogP contribution >= 0.6 is 0 Å². The topological polar surface area (TPSA) is 69.6 Å². The number of hydrogen-bond donors (Lipinski definition) is 3. The Morgan fingerprint density at radius 1 is 0.325 bits per heavy atom. The molecule has 0 saturated carbocycles. The molecule has 0 aliphatic carbocycles. The molecule has 442 valence electrons. The van der Waals surface area contributed by atoms with Gasteiger partial charge in [0.25, 0.3) is 0 Å². The van der Waals surface area contributed by atoms with Gasteiger partial charge in [-0.3, -0.25) is 4.79 Å². The van der Waals surface area contributed by atoms with Crippen LogP contribution in [-0.4, -0.2) is 34.9 Å². The molecule has 0 radical (unpaired) electrons. The molecule has 0 bridgehead atoms. The molecular weight excluding hydrogens is 939 g/mol. The number of aliphatic hydroxyl groups excluding tert-OH is 2. The fourth-order valence-electron chi connectivity index (χ4n) is 9.75. The van der Waals surface area contributed by atoms with E-state index in [4.69, 9.17) is 0 Å². The van der Waals surface area contributed by atoms with Crippen LogP contribution in [0.3, 0.4) is 0 Å². The Morgan fingerprint density at radius 3 is 0.857 bits per heavy atom. The second-order valence-electron chi connectivity index (χ2n) is 22.2. The summed E-state index contributed by atoms with van der Waals surface area (Å²) in [6, 6.07) is -0.561. The number of carbonyl (C=O) groups is 1. The molecule has 0 aliphatic heterocycles. The van der Waals surface area contributed by atoms with Gasteiger partial charge in [-0.25, -0.2) is 0 Å². The van der Waals surface area contributed by atoms with Crippen molar-refractivity contribution in [2.75, 3.05) is 6.61 Å². The summed E-state index contributed by atoms with van der Waals surface area (Å²) in [6.45, 7) is 4.25. The van der Waals surface area contributed by atoms with Gasteiger partial charge in [-0.15, -0.1) is 0 Å². The van der Waals surface area contributed by atoms with Gasteiger partial charge < -0.3 is 15.5 Å². The standard InChI is InChI=1S/C73H127NO3/c1-3-5-7-9-11-13-15-17-19-21-23-25-27-29-31-33-35-36-37-38-39-41-43-45-47-49-51-53-55-57-59-61-63-65-67-69-73(77)74-71(70-75)72(76)68-66-64-62-60-58-56-54-52-50-48-46-44-42-40-34-32-30-28-26-24-22-20-18-16-14-12-10-8-6-4-2/h5,7,11,13,17,19,23,25,29,31,35-36,38-39,43,45,49,51,55,57,71-72,75-76H,3-4,6,8-10,12,14-16,18,20-22,24,26-28,30,32-34,37,40-42,44,46-48,50,52-54,56,58-70H2,1-2H3,(H,74,77)/b7-5-,13-11-,19-17-,25-23-,31-29-,36-35-,39-38-,45-43-,51-49-,57-55-. The van der Waals surface area contributed by atoms with Crippen molar-refractivity contribution in [2.24, 2.45) is 0 Å². The van der Waals surface area contributed by atoms with Gasteiger partial charge in [-0.2, -0.15) is 0 Å². The van der Waals surface area contributed by atoms with E-state index in [0.29, 0.717) is 12.8 Å². The first-order valence-corrected chi connectivity index (χ1v) is 33.2. The number of aliphatic hydroxyl groups is 2. The third kappa shape index (κ3) is 63.5. The van der Waals surface area contributed by atoms with Gasteiger partial charge in [0.15, 0.2) is 0 Å². The summed E-state index contributed by atoms with van der Waals surface area (Å²) in [6.07, 6.45) is 102. The molecule has 0 saturated heterocycles. The molecule has 0 aromatic rings. The maximum absolute atomic E-state index is 12.5. The molecule has 0 fully saturated rings. The van der Waals surface area contributed by atoms with E-state index in [9.17, 15) is 15.0 Å². The summed E-state index contributed by atoms with van der Waals surface area (Å²) < 4.78 is 0. The highest BCUT2D eigenvalue weighted by atomic mass is 16.3. The molecule has 0 aromatic carbocycles. The maximum Gasteiger partial charge on any atom is 0.220 e. The fourth-order valence-corrected chi connectivity index (χ4v) is 9.75. The Hall–Kier alpha value is -3.21. The van der Waals surface area contributed by atoms with Crippen molar-refractivity contribution in [3.63, 3.8) is 0 Å². The number of rotatable bonds is 60. The second kappa shape index (κ2) is 67.1. The average molecular weight is 1070 g/mol. The molecule has 4 nitrogen and oxygen atoms in total. The predicted molar refractivity (Wildman–Crippen MR) is 345 cm³/mol. The van der Waals surface area contributed by atoms with Crippen LogP contribution in [0.4, 0.5) is 0 Å². The maximum atomic E-state index is 12.5. The number of allylic oxidation sites excluding steroid dienone is 20. The van der Waals surface area contributed by atoms with Crippen LogP contribution in [0.15, 0.2) is 122 Å². The zero-order valence-corrected chi connectivity index (χ0v) is 50.9. The first kappa shape index (κ1) is 73.8. The number of carbonyl (C=O) groups excluding carboxylic acids is 1. The smallest absolute Gasteiger partial charge is 0.220 e. The lowest BCUT2D eigenvalue weighted by molar-refractivity contribution is -0.123. The van der Waals surface area contributed by atoms with Gasteiger partial charge in [-0.1, -0.05) is 341 Å². The lowest BCUT2D eigenvalue weighted by Crippen LogP contribution is -2.45. The molecule has 0 heterocycles. The van der Waals surface area contributed by atoms with Crippen LogP contribution in [0.5, 0.6) is 0 Å². The van der Waals surface area contributed by atoms with Crippen molar-refractivity contribution in [1.82, 2.24) is 5.32 Å². The Balaban J connectivity index is 3.57. The van der Waals surface area contributed by atoms with Gasteiger partial charge in [0, 0.05) is 6.42 Å². The minimum atomic E-state index is -0.682. The first-order chi connectivity index (χ1) is 38.2. The van der Waals surface area contributed by atoms with Gasteiger partial charge in [-0.05, 0) is 89.9 Å². The predicted octanol–water partition coefficient (Wildman–Crippen LogP) is 22.8. The third-order valence-corrected chi connectivity index (χ3v) is 14.7. The lowest BCUT2D eigenvalue weighted by atomic mass is 10.0. The normalized spacial score (nSPS) is 13.6. The van der Waals surface area contributed by atoms with Crippen molar-refractivity contribution >= 4 is 5.91 Å². The zero-order chi connectivity index (χ0) is 55.5. The van der Waals surface area contributed by atoms with Gasteiger partial charge in [0.05, 0.1) is 18.8 Å². The number of hydrogen-bond acceptors (Lipinski definition) is 3. The minimum Gasteiger partial charge on any atom is -0.394 e. The van der Waals surface area contributed by atoms with Crippen molar-refractivity contribution in [2.45, 2.75) is 328 Å². The molecule has 0 spiro atoms. The fraction of sp³-hybridized carbons (Fsp3) is 0.712. The van der Waals surface area contributed by atoms with E-state index in [1.807, 2.05) is 0 Å². The molecule has 0 aliphatic rings. The summed E-state index contributed by atoms with van der Waals surface area (Å²) in [7, 11) is 0. The molecule has 77 heavy (non-hydrogen) atoms. The number of amides is 1. The van der Waals surface area contributed by atoms with E-state index in [-0.39, 0.29) is 12.5 Å². The second-order valence-corrected chi connectivity index (χ2v) is 22.2. The van der Waals surface area contributed by atoms with Crippen molar-refractivity contribution in [3.8, 4) is 0 Å². The summed E-state index contributed by atoms with van der Waals surface area (Å²) in [5, 5.41) is 23.4. The van der Waals surface area contributed by atoms with Crippen LogP contribution in [0.2, 0.25) is 0 Å². The van der Waals surface area contributed by atoms with Crippen LogP contribution in [0.25, 0.3) is 0 Å². The average Bonchev–Trinajstić information content (AvgIpc) is 3.43. The quantitative estimate of drug-likeness (QED) is 0.0420. The van der Waals surface area contributed by atoms with Crippen LogP contribution in [0.1, 0.15) is 316 Å². The Bertz CT molecular complexity index is 1490. The summed E-state index contributed by atoms with van der Waals surface area (Å²) in [5.74, 6) is -0.0568. The minimum absolute atomic E-state index is 0.0568. The van der Waals surface area contributed by atoms with Gasteiger partial charge in [0.2, 0.25) is 5.91 Å². The monoisotopic (exact) mass is 1070 g/mol. The molecule has 4 heteroatoms. The van der Waals surface area contributed by atoms with Crippen LogP contribution in [-0.2, 0) is 4.79 Å². The number of unbranched alkanes of at least 4 members (excludes halogenated alkanes) is 33. The van der Waals surface area contributed by atoms with Gasteiger partial charge in [0.1, 0.15) is 0 Å². The van der Waals surface area contributed by atoms with E-state index >= 15 is 0 Å². The van der Waals surface area contributed by atoms with Gasteiger partial charge >= 0.3 is 0 Å². The van der Waals surface area contributed by atoms with E-state index in [1.165, 1.54) is 180 Å².